The molecular weight excluding hydrogens is 232 g/mol. The van der Waals surface area contributed by atoms with Gasteiger partial charge in [-0.1, -0.05) is 12.1 Å². The number of aryl methyl sites for hydroxylation is 1. The van der Waals surface area contributed by atoms with Crippen LogP contribution >= 0.6 is 0 Å². The summed E-state index contributed by atoms with van der Waals surface area (Å²) in [6.45, 7) is 3.13. The van der Waals surface area contributed by atoms with Gasteiger partial charge in [-0.3, -0.25) is 4.79 Å². The van der Waals surface area contributed by atoms with Crippen molar-refractivity contribution in [2.75, 3.05) is 13.7 Å². The molecule has 1 aromatic rings. The van der Waals surface area contributed by atoms with Crippen molar-refractivity contribution in [1.29, 1.82) is 0 Å². The summed E-state index contributed by atoms with van der Waals surface area (Å²) in [6, 6.07) is 5.57. The van der Waals surface area contributed by atoms with E-state index >= 15 is 0 Å². The third-order valence-electron chi connectivity index (χ3n) is 2.63. The summed E-state index contributed by atoms with van der Waals surface area (Å²) in [7, 11) is 1.64. The molecule has 1 rings (SSSR count). The molecule has 0 amide bonds. The smallest absolute Gasteiger partial charge is 0.304 e. The lowest BCUT2D eigenvalue weighted by Crippen LogP contribution is -2.35. The van der Waals surface area contributed by atoms with E-state index in [1.165, 1.54) is 0 Å². The number of hydrogen-bond donors (Lipinski definition) is 3. The van der Waals surface area contributed by atoms with Crippen molar-refractivity contribution in [3.8, 4) is 5.75 Å². The maximum atomic E-state index is 10.4. The fourth-order valence-electron chi connectivity index (χ4n) is 1.75. The van der Waals surface area contributed by atoms with E-state index in [1.807, 2.05) is 25.1 Å². The Morgan fingerprint density at radius 2 is 2.28 bits per heavy atom. The van der Waals surface area contributed by atoms with Crippen molar-refractivity contribution >= 4 is 5.97 Å². The van der Waals surface area contributed by atoms with Gasteiger partial charge in [0.05, 0.1) is 13.5 Å². The van der Waals surface area contributed by atoms with Crippen LogP contribution in [0.3, 0.4) is 0 Å². The summed E-state index contributed by atoms with van der Waals surface area (Å²) in [5, 5.41) is 11.7. The zero-order valence-corrected chi connectivity index (χ0v) is 10.8. The van der Waals surface area contributed by atoms with E-state index < -0.39 is 5.97 Å². The minimum Gasteiger partial charge on any atom is -0.496 e. The van der Waals surface area contributed by atoms with E-state index in [0.717, 1.165) is 16.9 Å². The van der Waals surface area contributed by atoms with Gasteiger partial charge in [0.2, 0.25) is 0 Å². The first kappa shape index (κ1) is 14.5. The number of ether oxygens (including phenoxy) is 1. The van der Waals surface area contributed by atoms with E-state index in [4.69, 9.17) is 15.6 Å². The molecule has 1 atom stereocenters. The molecular formula is C13H20N2O3. The number of nitrogens with two attached hydrogens (primary N) is 1. The molecule has 1 aromatic carbocycles. The van der Waals surface area contributed by atoms with E-state index in [9.17, 15) is 4.79 Å². The third-order valence-corrected chi connectivity index (χ3v) is 2.63. The Kier molecular flexibility index (Phi) is 5.61. The second-order valence-electron chi connectivity index (χ2n) is 4.29. The summed E-state index contributed by atoms with van der Waals surface area (Å²) >= 11 is 0. The van der Waals surface area contributed by atoms with Crippen molar-refractivity contribution in [2.24, 2.45) is 5.73 Å². The van der Waals surface area contributed by atoms with Gasteiger partial charge in [0.25, 0.3) is 0 Å². The highest BCUT2D eigenvalue weighted by atomic mass is 16.5. The van der Waals surface area contributed by atoms with Gasteiger partial charge in [0, 0.05) is 19.1 Å². The quantitative estimate of drug-likeness (QED) is 0.671. The lowest BCUT2D eigenvalue weighted by molar-refractivity contribution is -0.137. The van der Waals surface area contributed by atoms with Crippen molar-refractivity contribution in [3.05, 3.63) is 29.3 Å². The van der Waals surface area contributed by atoms with Crippen LogP contribution in [0, 0.1) is 6.92 Å². The Bertz CT molecular complexity index is 407. The van der Waals surface area contributed by atoms with Gasteiger partial charge in [-0.25, -0.2) is 0 Å². The first-order valence-corrected chi connectivity index (χ1v) is 5.84. The molecule has 1 unspecified atom stereocenters. The minimum atomic E-state index is -0.871. The Morgan fingerprint density at radius 1 is 1.56 bits per heavy atom. The van der Waals surface area contributed by atoms with Gasteiger partial charge in [0.1, 0.15) is 5.75 Å². The molecule has 5 heteroatoms. The summed E-state index contributed by atoms with van der Waals surface area (Å²) < 4.78 is 5.18. The minimum absolute atomic E-state index is 0.0192. The van der Waals surface area contributed by atoms with E-state index in [0.29, 0.717) is 13.1 Å². The summed E-state index contributed by atoms with van der Waals surface area (Å²) in [5.74, 6) is -0.00841. The lowest BCUT2D eigenvalue weighted by Gasteiger charge is -2.11. The van der Waals surface area contributed by atoms with E-state index in [2.05, 4.69) is 5.32 Å². The average molecular weight is 252 g/mol. The Balaban J connectivity index is 2.40. The Hall–Kier alpha value is -1.59. The van der Waals surface area contributed by atoms with Crippen LogP contribution in [0.5, 0.6) is 5.75 Å². The first-order chi connectivity index (χ1) is 8.52. The van der Waals surface area contributed by atoms with E-state index in [-0.39, 0.29) is 12.5 Å². The van der Waals surface area contributed by atoms with Crippen molar-refractivity contribution < 1.29 is 14.6 Å². The average Bonchev–Trinajstić information content (AvgIpc) is 2.28. The largest absolute Gasteiger partial charge is 0.496 e. The number of carboxylic acids is 1. The second-order valence-corrected chi connectivity index (χ2v) is 4.29. The Morgan fingerprint density at radius 3 is 2.83 bits per heavy atom. The molecule has 0 heterocycles. The van der Waals surface area contributed by atoms with Gasteiger partial charge in [-0.05, 0) is 24.1 Å². The van der Waals surface area contributed by atoms with Gasteiger partial charge in [-0.2, -0.15) is 0 Å². The number of methoxy groups -OCH3 is 1. The topological polar surface area (TPSA) is 84.6 Å². The monoisotopic (exact) mass is 252 g/mol. The number of carboxylic acid groups (broad SMARTS) is 1. The zero-order chi connectivity index (χ0) is 13.5. The van der Waals surface area contributed by atoms with Gasteiger partial charge >= 0.3 is 5.97 Å². The molecule has 0 spiro atoms. The van der Waals surface area contributed by atoms with Crippen LogP contribution < -0.4 is 15.8 Å². The standard InChI is InChI=1S/C13H20N2O3/c1-9-5-10(3-4-12(9)18-2)7-15-8-11(14)6-13(16)17/h3-5,11,15H,6-8,14H2,1-2H3,(H,16,17). The highest BCUT2D eigenvalue weighted by Crippen LogP contribution is 2.18. The molecule has 0 aliphatic heterocycles. The van der Waals surface area contributed by atoms with Crippen LogP contribution in [-0.4, -0.2) is 30.8 Å². The predicted octanol–water partition coefficient (Wildman–Crippen LogP) is 0.895. The third kappa shape index (κ3) is 4.73. The lowest BCUT2D eigenvalue weighted by atomic mass is 10.1. The molecule has 0 aromatic heterocycles. The zero-order valence-electron chi connectivity index (χ0n) is 10.8. The number of aliphatic carboxylic acids is 1. The molecule has 0 saturated carbocycles. The number of hydrogen-bond acceptors (Lipinski definition) is 4. The van der Waals surface area contributed by atoms with Crippen LogP contribution in [0.2, 0.25) is 0 Å². The molecule has 18 heavy (non-hydrogen) atoms. The SMILES string of the molecule is COc1ccc(CNCC(N)CC(=O)O)cc1C. The van der Waals surface area contributed by atoms with Crippen molar-refractivity contribution in [2.45, 2.75) is 25.9 Å². The van der Waals surface area contributed by atoms with Crippen LogP contribution in [0.15, 0.2) is 18.2 Å². The highest BCUT2D eigenvalue weighted by Gasteiger charge is 2.07. The maximum Gasteiger partial charge on any atom is 0.304 e. The molecule has 100 valence electrons. The molecule has 0 bridgehead atoms. The fourth-order valence-corrected chi connectivity index (χ4v) is 1.75. The molecule has 0 aliphatic carbocycles. The summed E-state index contributed by atoms with van der Waals surface area (Å²) in [4.78, 5) is 10.4. The number of nitrogens with one attached hydrogen (secondary N) is 1. The number of benzene rings is 1. The van der Waals surface area contributed by atoms with Gasteiger partial charge in [0.15, 0.2) is 0 Å². The van der Waals surface area contributed by atoms with Crippen LogP contribution in [-0.2, 0) is 11.3 Å². The molecule has 0 fully saturated rings. The van der Waals surface area contributed by atoms with Crippen LogP contribution in [0.25, 0.3) is 0 Å². The highest BCUT2D eigenvalue weighted by molar-refractivity contribution is 5.67. The normalized spacial score (nSPS) is 12.2. The molecule has 4 N–H and O–H groups in total. The Labute approximate surface area is 107 Å². The molecule has 0 aliphatic rings. The van der Waals surface area contributed by atoms with Gasteiger partial charge in [-0.15, -0.1) is 0 Å². The summed E-state index contributed by atoms with van der Waals surface area (Å²) in [5.41, 5.74) is 7.85. The van der Waals surface area contributed by atoms with Gasteiger partial charge < -0.3 is 20.9 Å². The van der Waals surface area contributed by atoms with Crippen molar-refractivity contribution in [1.82, 2.24) is 5.32 Å². The molecule has 0 saturated heterocycles. The van der Waals surface area contributed by atoms with Crippen LogP contribution in [0.4, 0.5) is 0 Å². The molecule has 5 nitrogen and oxygen atoms in total. The maximum absolute atomic E-state index is 10.4. The van der Waals surface area contributed by atoms with E-state index in [1.54, 1.807) is 7.11 Å². The number of rotatable bonds is 7. The first-order valence-electron chi connectivity index (χ1n) is 5.84. The molecule has 0 radical (unpaired) electrons. The number of carbonyl (C=O) groups is 1. The van der Waals surface area contributed by atoms with Crippen LogP contribution in [0.1, 0.15) is 17.5 Å². The summed E-state index contributed by atoms with van der Waals surface area (Å²) in [6.07, 6.45) is -0.0192. The second kappa shape index (κ2) is 6.98. The fraction of sp³-hybridized carbons (Fsp3) is 0.462. The van der Waals surface area contributed by atoms with Crippen molar-refractivity contribution in [3.63, 3.8) is 0 Å². The predicted molar refractivity (Wildman–Crippen MR) is 69.7 cm³/mol.